The number of nitrogens with zero attached hydrogens (tertiary/aromatic N) is 1. The molecule has 7 nitrogen and oxygen atoms in total. The lowest BCUT2D eigenvalue weighted by Crippen LogP contribution is -2.31. The minimum Gasteiger partial charge on any atom is -0.493 e. The maximum Gasteiger partial charge on any atom is 0.341 e. The fraction of sp³-hybridized carbons (Fsp3) is 0.333. The number of aryl methyl sites for hydroxylation is 2. The number of amides is 1. The molecule has 0 unspecified atom stereocenters. The topological polar surface area (TPSA) is 85.3 Å². The van der Waals surface area contributed by atoms with Crippen LogP contribution >= 0.6 is 0 Å². The van der Waals surface area contributed by atoms with Crippen molar-refractivity contribution in [2.45, 2.75) is 13.8 Å². The van der Waals surface area contributed by atoms with E-state index in [0.717, 1.165) is 0 Å². The molecule has 0 heterocycles. The van der Waals surface area contributed by atoms with Crippen molar-refractivity contribution < 1.29 is 28.9 Å². The maximum atomic E-state index is 12.7. The van der Waals surface area contributed by atoms with Gasteiger partial charge in [-0.15, -0.1) is 0 Å². The lowest BCUT2D eigenvalue weighted by atomic mass is 10.0. The SMILES string of the molecule is COc1ccccc1OCCN(C)C(=O)c1cc(C)c(OCC(=O)O)c(C)c1. The number of carboxylic acid groups (broad SMARTS) is 1. The van der Waals surface area contributed by atoms with Crippen molar-refractivity contribution in [3.8, 4) is 17.2 Å². The predicted octanol–water partition coefficient (Wildman–Crippen LogP) is 2.93. The molecule has 0 aliphatic heterocycles. The van der Waals surface area contributed by atoms with Crippen LogP contribution in [0.15, 0.2) is 36.4 Å². The molecule has 0 aromatic heterocycles. The summed E-state index contributed by atoms with van der Waals surface area (Å²) in [6.07, 6.45) is 0. The van der Waals surface area contributed by atoms with Crippen molar-refractivity contribution in [2.24, 2.45) is 0 Å². The van der Waals surface area contributed by atoms with Gasteiger partial charge in [0.2, 0.25) is 0 Å². The number of carboxylic acids is 1. The number of para-hydroxylation sites is 2. The van der Waals surface area contributed by atoms with Gasteiger partial charge < -0.3 is 24.2 Å². The highest BCUT2D eigenvalue weighted by molar-refractivity contribution is 5.94. The zero-order chi connectivity index (χ0) is 20.7. The van der Waals surface area contributed by atoms with Gasteiger partial charge in [-0.25, -0.2) is 4.79 Å². The molecule has 28 heavy (non-hydrogen) atoms. The van der Waals surface area contributed by atoms with Crippen molar-refractivity contribution in [1.82, 2.24) is 4.90 Å². The summed E-state index contributed by atoms with van der Waals surface area (Å²) < 4.78 is 16.3. The molecule has 7 heteroatoms. The number of methoxy groups -OCH3 is 1. The summed E-state index contributed by atoms with van der Waals surface area (Å²) in [6, 6.07) is 10.7. The smallest absolute Gasteiger partial charge is 0.341 e. The molecule has 1 N–H and O–H groups in total. The molecule has 0 aliphatic carbocycles. The molecule has 0 saturated heterocycles. The molecule has 2 aromatic carbocycles. The van der Waals surface area contributed by atoms with Gasteiger partial charge in [0.15, 0.2) is 18.1 Å². The fourth-order valence-electron chi connectivity index (χ4n) is 2.79. The van der Waals surface area contributed by atoms with E-state index in [-0.39, 0.29) is 5.91 Å². The minimum atomic E-state index is -1.05. The second-order valence-corrected chi connectivity index (χ2v) is 6.35. The molecule has 0 atom stereocenters. The number of carbonyl (C=O) groups excluding carboxylic acids is 1. The Balaban J connectivity index is 1.99. The standard InChI is InChI=1S/C21H25NO6/c1-14-11-16(12-15(2)20(14)28-13-19(23)24)21(25)22(3)9-10-27-18-8-6-5-7-17(18)26-4/h5-8,11-12H,9-10,13H2,1-4H3,(H,23,24). The van der Waals surface area contributed by atoms with E-state index < -0.39 is 12.6 Å². The molecule has 2 rings (SSSR count). The van der Waals surface area contributed by atoms with Crippen molar-refractivity contribution in [3.63, 3.8) is 0 Å². The van der Waals surface area contributed by atoms with Crippen LogP contribution in [-0.4, -0.2) is 55.8 Å². The monoisotopic (exact) mass is 387 g/mol. The minimum absolute atomic E-state index is 0.153. The van der Waals surface area contributed by atoms with E-state index in [1.54, 1.807) is 45.0 Å². The summed E-state index contributed by atoms with van der Waals surface area (Å²) >= 11 is 0. The first-order valence-electron chi connectivity index (χ1n) is 8.80. The molecule has 0 radical (unpaired) electrons. The Morgan fingerprint density at radius 2 is 1.64 bits per heavy atom. The van der Waals surface area contributed by atoms with Gasteiger partial charge in [-0.1, -0.05) is 12.1 Å². The normalized spacial score (nSPS) is 10.3. The highest BCUT2D eigenvalue weighted by atomic mass is 16.5. The number of likely N-dealkylation sites (N-methyl/N-ethyl adjacent to an activating group) is 1. The van der Waals surface area contributed by atoms with Crippen LogP contribution in [0.4, 0.5) is 0 Å². The third-order valence-electron chi connectivity index (χ3n) is 4.15. The Bertz CT molecular complexity index is 826. The van der Waals surface area contributed by atoms with Gasteiger partial charge in [0.1, 0.15) is 12.4 Å². The number of ether oxygens (including phenoxy) is 3. The number of hydrogen-bond donors (Lipinski definition) is 1. The first-order valence-corrected chi connectivity index (χ1v) is 8.80. The van der Waals surface area contributed by atoms with Gasteiger partial charge in [-0.3, -0.25) is 4.79 Å². The summed E-state index contributed by atoms with van der Waals surface area (Å²) in [6.45, 7) is 3.86. The van der Waals surface area contributed by atoms with Gasteiger partial charge >= 0.3 is 5.97 Å². The van der Waals surface area contributed by atoms with E-state index in [0.29, 0.717) is 47.1 Å². The van der Waals surface area contributed by atoms with Crippen LogP contribution in [0.3, 0.4) is 0 Å². The summed E-state index contributed by atoms with van der Waals surface area (Å²) in [5, 5.41) is 8.76. The van der Waals surface area contributed by atoms with Crippen LogP contribution in [0.2, 0.25) is 0 Å². The Labute approximate surface area is 164 Å². The molecule has 0 aliphatic rings. The van der Waals surface area contributed by atoms with E-state index in [2.05, 4.69) is 0 Å². The number of rotatable bonds is 9. The first-order chi connectivity index (χ1) is 13.3. The van der Waals surface area contributed by atoms with E-state index >= 15 is 0 Å². The first kappa shape index (κ1) is 21.1. The molecule has 1 amide bonds. The molecule has 0 bridgehead atoms. The third-order valence-corrected chi connectivity index (χ3v) is 4.15. The van der Waals surface area contributed by atoms with Gasteiger partial charge in [-0.2, -0.15) is 0 Å². The molecule has 0 spiro atoms. The second kappa shape index (κ2) is 9.64. The predicted molar refractivity (Wildman–Crippen MR) is 104 cm³/mol. The summed E-state index contributed by atoms with van der Waals surface area (Å²) in [4.78, 5) is 25.0. The van der Waals surface area contributed by atoms with Crippen LogP contribution in [0.5, 0.6) is 17.2 Å². The average Bonchev–Trinajstić information content (AvgIpc) is 2.66. The van der Waals surface area contributed by atoms with E-state index in [9.17, 15) is 9.59 Å². The largest absolute Gasteiger partial charge is 0.493 e. The lowest BCUT2D eigenvalue weighted by Gasteiger charge is -2.19. The second-order valence-electron chi connectivity index (χ2n) is 6.35. The molecule has 0 fully saturated rings. The lowest BCUT2D eigenvalue weighted by molar-refractivity contribution is -0.139. The highest BCUT2D eigenvalue weighted by Gasteiger charge is 2.16. The highest BCUT2D eigenvalue weighted by Crippen LogP contribution is 2.26. The van der Waals surface area contributed by atoms with Crippen LogP contribution in [0.1, 0.15) is 21.5 Å². The van der Waals surface area contributed by atoms with Crippen molar-refractivity contribution in [1.29, 1.82) is 0 Å². The van der Waals surface area contributed by atoms with Crippen LogP contribution < -0.4 is 14.2 Å². The maximum absolute atomic E-state index is 12.7. The summed E-state index contributed by atoms with van der Waals surface area (Å²) in [5.41, 5.74) is 1.93. The van der Waals surface area contributed by atoms with E-state index in [4.69, 9.17) is 19.3 Å². The number of hydrogen-bond acceptors (Lipinski definition) is 5. The van der Waals surface area contributed by atoms with Crippen molar-refractivity contribution in [3.05, 3.63) is 53.1 Å². The van der Waals surface area contributed by atoms with Gasteiger partial charge in [0.05, 0.1) is 13.7 Å². The van der Waals surface area contributed by atoms with Crippen LogP contribution in [0, 0.1) is 13.8 Å². The summed E-state index contributed by atoms with van der Waals surface area (Å²) in [7, 11) is 3.28. The summed E-state index contributed by atoms with van der Waals surface area (Å²) in [5.74, 6) is 0.548. The number of benzene rings is 2. The van der Waals surface area contributed by atoms with Gasteiger partial charge in [-0.05, 0) is 49.2 Å². The molecule has 150 valence electrons. The van der Waals surface area contributed by atoms with Gasteiger partial charge in [0, 0.05) is 12.6 Å². The van der Waals surface area contributed by atoms with E-state index in [1.165, 1.54) is 0 Å². The van der Waals surface area contributed by atoms with Crippen molar-refractivity contribution >= 4 is 11.9 Å². The molecular formula is C21H25NO6. The fourth-order valence-corrected chi connectivity index (χ4v) is 2.79. The van der Waals surface area contributed by atoms with Crippen LogP contribution in [-0.2, 0) is 4.79 Å². The Hall–Kier alpha value is -3.22. The average molecular weight is 387 g/mol. The van der Waals surface area contributed by atoms with Crippen LogP contribution in [0.25, 0.3) is 0 Å². The quantitative estimate of drug-likeness (QED) is 0.712. The third kappa shape index (κ3) is 5.39. The number of aliphatic carboxylic acids is 1. The van der Waals surface area contributed by atoms with Gasteiger partial charge in [0.25, 0.3) is 5.91 Å². The number of carbonyl (C=O) groups is 2. The zero-order valence-electron chi connectivity index (χ0n) is 16.5. The molecule has 2 aromatic rings. The zero-order valence-corrected chi connectivity index (χ0v) is 16.5. The Morgan fingerprint density at radius 3 is 2.21 bits per heavy atom. The van der Waals surface area contributed by atoms with E-state index in [1.807, 2.05) is 24.3 Å². The molecular weight excluding hydrogens is 362 g/mol. The molecule has 0 saturated carbocycles. The Kier molecular flexibility index (Phi) is 7.26. The van der Waals surface area contributed by atoms with Crippen molar-refractivity contribution in [2.75, 3.05) is 33.9 Å². The Morgan fingerprint density at radius 1 is 1.04 bits per heavy atom.